The molecule has 32 heavy (non-hydrogen) atoms. The van der Waals surface area contributed by atoms with Gasteiger partial charge in [-0.05, 0) is 37.5 Å². The maximum Gasteiger partial charge on any atom is 0.349 e. The van der Waals surface area contributed by atoms with Crippen molar-refractivity contribution in [3.05, 3.63) is 38.5 Å². The average Bonchev–Trinajstić information content (AvgIpc) is 2.73. The summed E-state index contributed by atoms with van der Waals surface area (Å²) in [5.74, 6) is -0.479. The number of carboxylic acid groups (broad SMARTS) is 1. The number of aryl methyl sites for hydroxylation is 2. The monoisotopic (exact) mass is 443 g/mol. The van der Waals surface area contributed by atoms with Gasteiger partial charge >= 0.3 is 11.7 Å². The minimum Gasteiger partial charge on any atom is -0.481 e. The first-order valence-corrected chi connectivity index (χ1v) is 11.1. The average molecular weight is 444 g/mol. The molecule has 0 amide bonds. The number of aromatic amines is 1. The maximum absolute atomic E-state index is 12.3. The lowest BCUT2D eigenvalue weighted by atomic mass is 10.1. The molecular formula is C23H33N5O4. The molecule has 1 aromatic rings. The third kappa shape index (κ3) is 5.93. The molecule has 2 heterocycles. The Balaban J connectivity index is 0.00000176. The predicted molar refractivity (Wildman–Crippen MR) is 127 cm³/mol. The van der Waals surface area contributed by atoms with Crippen LogP contribution in [0.2, 0.25) is 0 Å². The molecule has 0 aliphatic carbocycles. The number of rotatable bonds is 9. The largest absolute Gasteiger partial charge is 0.481 e. The standard InChI is InChI=1S/C21H27N5O4.C2H6/c1-13-11-14-16(12-15(13)25(2)3)26(10-8-6-4-5-7-9-17(27)28)19-18(22-14)20(29)24-21(30)23-19;1-2/h11-12H,4-10H2,1-3H3,(H,27,28)(H,24,29,30);1-2H3. The molecule has 0 atom stereocenters. The Morgan fingerprint density at radius 2 is 1.72 bits per heavy atom. The number of hydrogen-bond donors (Lipinski definition) is 2. The fourth-order valence-electron chi connectivity index (χ4n) is 3.72. The zero-order valence-electron chi connectivity index (χ0n) is 19.6. The topological polar surface area (TPSA) is 121 Å². The van der Waals surface area contributed by atoms with E-state index in [0.29, 0.717) is 18.5 Å². The smallest absolute Gasteiger partial charge is 0.349 e. The number of nitrogens with zero attached hydrogens (tertiary/aromatic N) is 4. The number of nitrogens with one attached hydrogen (secondary N) is 1. The van der Waals surface area contributed by atoms with Gasteiger partial charge in [0.2, 0.25) is 0 Å². The van der Waals surface area contributed by atoms with Crippen molar-refractivity contribution in [2.75, 3.05) is 19.0 Å². The molecule has 9 heteroatoms. The van der Waals surface area contributed by atoms with Crippen molar-refractivity contribution < 1.29 is 9.90 Å². The Morgan fingerprint density at radius 1 is 1.06 bits per heavy atom. The number of H-pyrrole nitrogens is 1. The van der Waals surface area contributed by atoms with Crippen LogP contribution >= 0.6 is 0 Å². The van der Waals surface area contributed by atoms with Crippen molar-refractivity contribution in [2.24, 2.45) is 0 Å². The van der Waals surface area contributed by atoms with Gasteiger partial charge in [0, 0.05) is 32.7 Å². The number of aliphatic carboxylic acids is 1. The highest BCUT2D eigenvalue weighted by Gasteiger charge is 2.19. The summed E-state index contributed by atoms with van der Waals surface area (Å²) < 4.78 is 1.90. The molecule has 1 aromatic carbocycles. The van der Waals surface area contributed by atoms with Crippen molar-refractivity contribution in [3.63, 3.8) is 0 Å². The summed E-state index contributed by atoms with van der Waals surface area (Å²) in [5.41, 5.74) is 2.49. The van der Waals surface area contributed by atoms with E-state index in [1.54, 1.807) is 0 Å². The van der Waals surface area contributed by atoms with Crippen LogP contribution in [0.1, 0.15) is 57.9 Å². The fourth-order valence-corrected chi connectivity index (χ4v) is 3.72. The van der Waals surface area contributed by atoms with Gasteiger partial charge in [0.05, 0.1) is 11.0 Å². The van der Waals surface area contributed by atoms with Crippen LogP contribution in [-0.2, 0) is 11.3 Å². The SMILES string of the molecule is CC.Cc1cc2nc3c(=O)[nH]c(=O)nc-3n(CCCCCCCC(=O)O)c2cc1N(C)C. The second-order valence-corrected chi connectivity index (χ2v) is 7.74. The summed E-state index contributed by atoms with van der Waals surface area (Å²) in [6.07, 6.45) is 4.39. The van der Waals surface area contributed by atoms with Crippen LogP contribution in [0, 0.1) is 6.92 Å². The Kier molecular flexibility index (Phi) is 8.92. The Morgan fingerprint density at radius 3 is 2.38 bits per heavy atom. The fraction of sp³-hybridized carbons (Fsp3) is 0.522. The highest BCUT2D eigenvalue weighted by Crippen LogP contribution is 2.28. The molecule has 2 aliphatic heterocycles. The van der Waals surface area contributed by atoms with Gasteiger partial charge in [-0.15, -0.1) is 0 Å². The molecular weight excluding hydrogens is 410 g/mol. The first-order valence-electron chi connectivity index (χ1n) is 11.1. The number of carboxylic acids is 1. The number of hydrogen-bond acceptors (Lipinski definition) is 6. The second-order valence-electron chi connectivity index (χ2n) is 7.74. The van der Waals surface area contributed by atoms with Gasteiger partial charge in [-0.25, -0.2) is 9.78 Å². The van der Waals surface area contributed by atoms with Crippen molar-refractivity contribution in [2.45, 2.75) is 65.8 Å². The third-order valence-corrected chi connectivity index (χ3v) is 5.18. The summed E-state index contributed by atoms with van der Waals surface area (Å²) in [6.45, 7) is 6.58. The molecule has 0 radical (unpaired) electrons. The minimum atomic E-state index is -0.767. The second kappa shape index (κ2) is 11.4. The van der Waals surface area contributed by atoms with Crippen molar-refractivity contribution >= 4 is 22.7 Å². The molecule has 174 valence electrons. The molecule has 0 saturated heterocycles. The van der Waals surface area contributed by atoms with E-state index in [1.807, 2.05) is 56.5 Å². The molecule has 2 aliphatic rings. The van der Waals surface area contributed by atoms with Crippen molar-refractivity contribution in [1.29, 1.82) is 0 Å². The van der Waals surface area contributed by atoms with Gasteiger partial charge in [0.1, 0.15) is 0 Å². The highest BCUT2D eigenvalue weighted by molar-refractivity contribution is 5.84. The van der Waals surface area contributed by atoms with Gasteiger partial charge < -0.3 is 14.6 Å². The number of unbranched alkanes of at least 4 members (excludes halogenated alkanes) is 4. The molecule has 0 fully saturated rings. The van der Waals surface area contributed by atoms with E-state index in [9.17, 15) is 14.4 Å². The normalized spacial score (nSPS) is 10.8. The summed E-state index contributed by atoms with van der Waals surface area (Å²) in [6, 6.07) is 3.95. The summed E-state index contributed by atoms with van der Waals surface area (Å²) in [5, 5.41) is 8.72. The van der Waals surface area contributed by atoms with Crippen LogP contribution in [0.4, 0.5) is 5.69 Å². The Bertz CT molecular complexity index is 1150. The van der Waals surface area contributed by atoms with Gasteiger partial charge in [-0.2, -0.15) is 4.98 Å². The van der Waals surface area contributed by atoms with E-state index in [2.05, 4.69) is 15.0 Å². The molecule has 0 bridgehead atoms. The zero-order chi connectivity index (χ0) is 23.8. The quantitative estimate of drug-likeness (QED) is 0.384. The first kappa shape index (κ1) is 25.0. The molecule has 2 N–H and O–H groups in total. The van der Waals surface area contributed by atoms with E-state index < -0.39 is 17.2 Å². The van der Waals surface area contributed by atoms with E-state index >= 15 is 0 Å². The molecule has 0 unspecified atom stereocenters. The highest BCUT2D eigenvalue weighted by atomic mass is 16.4. The van der Waals surface area contributed by atoms with Crippen LogP contribution in [0.25, 0.3) is 22.6 Å². The minimum absolute atomic E-state index is 0.153. The molecule has 0 saturated carbocycles. The van der Waals surface area contributed by atoms with E-state index in [1.165, 1.54) is 0 Å². The van der Waals surface area contributed by atoms with Crippen LogP contribution in [0.15, 0.2) is 21.7 Å². The molecule has 0 spiro atoms. The lowest BCUT2D eigenvalue weighted by Gasteiger charge is -2.21. The van der Waals surface area contributed by atoms with E-state index in [-0.39, 0.29) is 17.9 Å². The maximum atomic E-state index is 12.3. The Hall–Kier alpha value is -3.23. The number of aromatic nitrogens is 4. The number of carbonyl (C=O) groups is 1. The predicted octanol–water partition coefficient (Wildman–Crippen LogP) is 3.41. The van der Waals surface area contributed by atoms with Crippen LogP contribution in [0.3, 0.4) is 0 Å². The van der Waals surface area contributed by atoms with Crippen molar-refractivity contribution in [1.82, 2.24) is 19.5 Å². The third-order valence-electron chi connectivity index (χ3n) is 5.18. The molecule has 3 rings (SSSR count). The zero-order valence-corrected chi connectivity index (χ0v) is 19.6. The van der Waals surface area contributed by atoms with E-state index in [4.69, 9.17) is 5.11 Å². The van der Waals surface area contributed by atoms with Gasteiger partial charge in [0.25, 0.3) is 5.56 Å². The molecule has 9 nitrogen and oxygen atoms in total. The van der Waals surface area contributed by atoms with Crippen LogP contribution in [0.5, 0.6) is 0 Å². The molecule has 0 aromatic heterocycles. The summed E-state index contributed by atoms with van der Waals surface area (Å²) in [7, 11) is 3.92. The van der Waals surface area contributed by atoms with Crippen molar-refractivity contribution in [3.8, 4) is 11.5 Å². The number of benzene rings is 1. The van der Waals surface area contributed by atoms with Crippen LogP contribution in [-0.4, -0.2) is 44.7 Å². The van der Waals surface area contributed by atoms with Gasteiger partial charge in [-0.3, -0.25) is 14.6 Å². The van der Waals surface area contributed by atoms with Gasteiger partial charge in [0.15, 0.2) is 11.5 Å². The summed E-state index contributed by atoms with van der Waals surface area (Å²) in [4.78, 5) is 47.5. The summed E-state index contributed by atoms with van der Waals surface area (Å²) >= 11 is 0. The van der Waals surface area contributed by atoms with Gasteiger partial charge in [-0.1, -0.05) is 33.1 Å². The Labute approximate surface area is 187 Å². The van der Waals surface area contributed by atoms with E-state index in [0.717, 1.165) is 42.5 Å². The number of anilines is 1. The van der Waals surface area contributed by atoms with Crippen LogP contribution < -0.4 is 16.1 Å². The first-order chi connectivity index (χ1) is 15.3. The lowest BCUT2D eigenvalue weighted by Crippen LogP contribution is -2.29. The number of fused-ring (bicyclic) bond motifs is 2. The lowest BCUT2D eigenvalue weighted by molar-refractivity contribution is -0.137.